The van der Waals surface area contributed by atoms with Crippen molar-refractivity contribution in [2.75, 3.05) is 7.11 Å². The number of halogens is 2. The van der Waals surface area contributed by atoms with Crippen LogP contribution in [0.1, 0.15) is 35.7 Å². The molecule has 0 aromatic heterocycles. The van der Waals surface area contributed by atoms with E-state index in [1.165, 1.54) is 12.7 Å². The van der Waals surface area contributed by atoms with E-state index in [0.717, 1.165) is 0 Å². The predicted molar refractivity (Wildman–Crippen MR) is 97.2 cm³/mol. The van der Waals surface area contributed by atoms with Crippen molar-refractivity contribution in [2.24, 2.45) is 5.41 Å². The van der Waals surface area contributed by atoms with Gasteiger partial charge < -0.3 is 10.1 Å². The molecule has 0 aliphatic heterocycles. The van der Waals surface area contributed by atoms with Crippen LogP contribution >= 0.6 is 23.2 Å². The average molecular weight is 364 g/mol. The average Bonchev–Trinajstić information content (AvgIpc) is 3.08. The third-order valence-corrected chi connectivity index (χ3v) is 5.24. The van der Waals surface area contributed by atoms with Crippen LogP contribution < -0.4 is 10.1 Å². The highest BCUT2D eigenvalue weighted by atomic mass is 35.5. The van der Waals surface area contributed by atoms with E-state index < -0.39 is 0 Å². The summed E-state index contributed by atoms with van der Waals surface area (Å²) in [5, 5.41) is 4.33. The molecular weight excluding hydrogens is 345 g/mol. The van der Waals surface area contributed by atoms with Gasteiger partial charge in [0.05, 0.1) is 12.7 Å². The smallest absolute Gasteiger partial charge is 0.255 e. The molecule has 24 heavy (non-hydrogen) atoms. The lowest BCUT2D eigenvalue weighted by Crippen LogP contribution is -2.29. The number of methoxy groups -OCH3 is 1. The normalized spacial score (nSPS) is 21.2. The highest BCUT2D eigenvalue weighted by Gasteiger charge is 2.59. The Morgan fingerprint density at radius 3 is 2.33 bits per heavy atom. The first-order chi connectivity index (χ1) is 11.3. The second-order valence-electron chi connectivity index (χ2n) is 6.65. The molecular formula is C19H19Cl2NO2. The van der Waals surface area contributed by atoms with Gasteiger partial charge in [0.1, 0.15) is 5.75 Å². The van der Waals surface area contributed by atoms with Crippen LogP contribution in [0, 0.1) is 5.41 Å². The van der Waals surface area contributed by atoms with E-state index in [9.17, 15) is 4.79 Å². The van der Waals surface area contributed by atoms with Crippen molar-refractivity contribution in [3.63, 3.8) is 0 Å². The van der Waals surface area contributed by atoms with Crippen molar-refractivity contribution in [2.45, 2.75) is 25.8 Å². The number of amides is 1. The molecule has 0 bridgehead atoms. The molecule has 1 fully saturated rings. The lowest BCUT2D eigenvalue weighted by Gasteiger charge is -2.10. The molecule has 2 aromatic rings. The van der Waals surface area contributed by atoms with Crippen molar-refractivity contribution >= 4 is 29.1 Å². The maximum atomic E-state index is 12.7. The van der Waals surface area contributed by atoms with Crippen LogP contribution in [-0.2, 0) is 0 Å². The fourth-order valence-electron chi connectivity index (χ4n) is 3.28. The Morgan fingerprint density at radius 1 is 1.08 bits per heavy atom. The Kier molecular flexibility index (Phi) is 4.50. The van der Waals surface area contributed by atoms with Crippen LogP contribution in [-0.4, -0.2) is 19.1 Å². The van der Waals surface area contributed by atoms with Crippen LogP contribution in [0.5, 0.6) is 5.75 Å². The number of carbonyl (C=O) groups is 1. The zero-order chi connectivity index (χ0) is 17.5. The first-order valence-corrected chi connectivity index (χ1v) is 8.50. The van der Waals surface area contributed by atoms with Gasteiger partial charge in [-0.05, 0) is 41.3 Å². The quantitative estimate of drug-likeness (QED) is 0.836. The summed E-state index contributed by atoms with van der Waals surface area (Å²) in [5.74, 6) is 0.589. The number of hydrogen-bond acceptors (Lipinski definition) is 2. The lowest BCUT2D eigenvalue weighted by molar-refractivity contribution is 0.0943. The van der Waals surface area contributed by atoms with E-state index in [-0.39, 0.29) is 23.3 Å². The van der Waals surface area contributed by atoms with Crippen molar-refractivity contribution in [3.05, 3.63) is 63.6 Å². The number of hydrogen-bond donors (Lipinski definition) is 1. The second-order valence-corrected chi connectivity index (χ2v) is 7.52. The van der Waals surface area contributed by atoms with Crippen molar-refractivity contribution in [1.29, 1.82) is 0 Å². The monoisotopic (exact) mass is 363 g/mol. The zero-order valence-corrected chi connectivity index (χ0v) is 15.3. The fraction of sp³-hybridized carbons (Fsp3) is 0.316. The number of nitrogens with one attached hydrogen (secondary N) is 1. The zero-order valence-electron chi connectivity index (χ0n) is 13.8. The van der Waals surface area contributed by atoms with E-state index >= 15 is 0 Å². The van der Waals surface area contributed by atoms with Gasteiger partial charge in [-0.25, -0.2) is 0 Å². The van der Waals surface area contributed by atoms with E-state index in [0.29, 0.717) is 21.4 Å². The summed E-state index contributed by atoms with van der Waals surface area (Å²) in [7, 11) is 1.54. The number of ether oxygens (including phenoxy) is 1. The van der Waals surface area contributed by atoms with Crippen LogP contribution in [0.2, 0.25) is 10.0 Å². The van der Waals surface area contributed by atoms with E-state index in [4.69, 9.17) is 27.9 Å². The summed E-state index contributed by atoms with van der Waals surface area (Å²) in [6.07, 6.45) is 0. The highest BCUT2D eigenvalue weighted by Crippen LogP contribution is 2.58. The van der Waals surface area contributed by atoms with E-state index in [1.54, 1.807) is 18.2 Å². The van der Waals surface area contributed by atoms with Crippen molar-refractivity contribution in [1.82, 2.24) is 5.32 Å². The summed E-state index contributed by atoms with van der Waals surface area (Å²) in [5.41, 5.74) is 1.60. The lowest BCUT2D eigenvalue weighted by atomic mass is 10.0. The second kappa shape index (κ2) is 6.30. The van der Waals surface area contributed by atoms with Gasteiger partial charge in [-0.3, -0.25) is 4.79 Å². The van der Waals surface area contributed by atoms with Gasteiger partial charge in [0.25, 0.3) is 5.91 Å². The Bertz CT molecular complexity index is 771. The van der Waals surface area contributed by atoms with Crippen molar-refractivity contribution in [3.8, 4) is 5.75 Å². The maximum Gasteiger partial charge on any atom is 0.255 e. The Morgan fingerprint density at radius 2 is 1.71 bits per heavy atom. The molecule has 1 amide bonds. The molecule has 3 nitrogen and oxygen atoms in total. The van der Waals surface area contributed by atoms with Gasteiger partial charge in [-0.2, -0.15) is 0 Å². The summed E-state index contributed by atoms with van der Waals surface area (Å²) in [4.78, 5) is 12.7. The molecule has 0 heterocycles. The first kappa shape index (κ1) is 17.1. The molecule has 1 N–H and O–H groups in total. The molecule has 0 radical (unpaired) electrons. The van der Waals surface area contributed by atoms with Crippen LogP contribution in [0.4, 0.5) is 0 Å². The molecule has 2 atom stereocenters. The largest absolute Gasteiger partial charge is 0.496 e. The van der Waals surface area contributed by atoms with Gasteiger partial charge in [0.2, 0.25) is 0 Å². The number of rotatable bonds is 4. The molecule has 0 saturated heterocycles. The van der Waals surface area contributed by atoms with E-state index in [1.807, 2.05) is 24.3 Å². The number of benzene rings is 2. The van der Waals surface area contributed by atoms with Gasteiger partial charge >= 0.3 is 0 Å². The van der Waals surface area contributed by atoms with Crippen LogP contribution in [0.3, 0.4) is 0 Å². The molecule has 126 valence electrons. The minimum absolute atomic E-state index is 0.0186. The molecule has 0 unspecified atom stereocenters. The fourth-order valence-corrected chi connectivity index (χ4v) is 3.57. The van der Waals surface area contributed by atoms with Gasteiger partial charge in [0, 0.05) is 22.0 Å². The van der Waals surface area contributed by atoms with Crippen LogP contribution in [0.25, 0.3) is 0 Å². The standard InChI is InChI=1S/C19H19Cl2NO2/c1-19(2)16(11-4-6-12(20)7-5-11)17(19)22-18(23)14-10-13(21)8-9-15(14)24-3/h4-10,16-17H,1-3H3,(H,22,23)/t16-,17-/m1/s1. The van der Waals surface area contributed by atoms with Crippen molar-refractivity contribution < 1.29 is 9.53 Å². The molecule has 2 aromatic carbocycles. The molecule has 1 aliphatic carbocycles. The molecule has 0 spiro atoms. The topological polar surface area (TPSA) is 38.3 Å². The maximum absolute atomic E-state index is 12.7. The van der Waals surface area contributed by atoms with Crippen LogP contribution in [0.15, 0.2) is 42.5 Å². The van der Waals surface area contributed by atoms with E-state index in [2.05, 4.69) is 19.2 Å². The molecule has 5 heteroatoms. The number of carbonyl (C=O) groups excluding carboxylic acids is 1. The van der Waals surface area contributed by atoms with Gasteiger partial charge in [-0.15, -0.1) is 0 Å². The van der Waals surface area contributed by atoms with Gasteiger partial charge in [-0.1, -0.05) is 49.2 Å². The summed E-state index contributed by atoms with van der Waals surface area (Å²) >= 11 is 12.0. The third-order valence-electron chi connectivity index (χ3n) is 4.75. The summed E-state index contributed by atoms with van der Waals surface area (Å²) < 4.78 is 5.27. The minimum Gasteiger partial charge on any atom is -0.496 e. The Hall–Kier alpha value is -1.71. The predicted octanol–water partition coefficient (Wildman–Crippen LogP) is 4.92. The Balaban J connectivity index is 1.80. The molecule has 3 rings (SSSR count). The highest BCUT2D eigenvalue weighted by molar-refractivity contribution is 6.31. The SMILES string of the molecule is COc1ccc(Cl)cc1C(=O)N[C@@H]1[C@@H](c2ccc(Cl)cc2)C1(C)C. The Labute approximate surface area is 151 Å². The first-order valence-electron chi connectivity index (χ1n) is 7.74. The summed E-state index contributed by atoms with van der Waals surface area (Å²) in [6, 6.07) is 12.9. The van der Waals surface area contributed by atoms with Gasteiger partial charge in [0.15, 0.2) is 0 Å². The third kappa shape index (κ3) is 3.11. The minimum atomic E-state index is -0.177. The molecule has 1 aliphatic rings. The molecule has 1 saturated carbocycles. The summed E-state index contributed by atoms with van der Waals surface area (Å²) in [6.45, 7) is 4.29.